The molecule has 2 nitrogen and oxygen atoms in total. The number of methoxy groups -OCH3 is 1. The number of ether oxygens (including phenoxy) is 1. The minimum Gasteiger partial charge on any atom is -0.495 e. The Morgan fingerprint density at radius 1 is 1.00 bits per heavy atom. The molecule has 0 fully saturated rings. The van der Waals surface area contributed by atoms with Crippen molar-refractivity contribution in [1.29, 1.82) is 0 Å². The Morgan fingerprint density at radius 2 is 1.67 bits per heavy atom. The third-order valence-corrected chi connectivity index (χ3v) is 3.13. The molecule has 0 radical (unpaired) electrons. The Bertz CT molecular complexity index is 522. The van der Waals surface area contributed by atoms with Gasteiger partial charge >= 0.3 is 0 Å². The van der Waals surface area contributed by atoms with Gasteiger partial charge in [0.2, 0.25) is 0 Å². The van der Waals surface area contributed by atoms with Crippen molar-refractivity contribution in [1.82, 2.24) is 0 Å². The Labute approximate surface area is 109 Å². The van der Waals surface area contributed by atoms with E-state index in [2.05, 4.69) is 43.4 Å². The second-order valence-corrected chi connectivity index (χ2v) is 4.42. The lowest BCUT2D eigenvalue weighted by Crippen LogP contribution is -2.08. The molecular formula is C16H19NO. The van der Waals surface area contributed by atoms with Gasteiger partial charge < -0.3 is 10.1 Å². The molecule has 0 saturated heterocycles. The topological polar surface area (TPSA) is 21.3 Å². The average molecular weight is 241 g/mol. The van der Waals surface area contributed by atoms with Crippen molar-refractivity contribution in [2.24, 2.45) is 0 Å². The SMILES string of the molecule is COc1ccccc1NC(C)c1ccccc1C. The van der Waals surface area contributed by atoms with Crippen LogP contribution in [0, 0.1) is 6.92 Å². The van der Waals surface area contributed by atoms with Crippen molar-refractivity contribution >= 4 is 5.69 Å². The molecule has 0 spiro atoms. The lowest BCUT2D eigenvalue weighted by molar-refractivity contribution is 0.416. The van der Waals surface area contributed by atoms with Crippen LogP contribution >= 0.6 is 0 Å². The Balaban J connectivity index is 2.21. The fourth-order valence-corrected chi connectivity index (χ4v) is 2.15. The van der Waals surface area contributed by atoms with Crippen LogP contribution in [0.15, 0.2) is 48.5 Å². The minimum atomic E-state index is 0.252. The molecule has 1 N–H and O–H groups in total. The standard InChI is InChI=1S/C16H19NO/c1-12-8-4-5-9-14(12)13(2)17-15-10-6-7-11-16(15)18-3/h4-11,13,17H,1-3H3. The molecule has 0 aliphatic rings. The molecule has 0 aliphatic heterocycles. The van der Waals surface area contributed by atoms with Crippen molar-refractivity contribution in [2.75, 3.05) is 12.4 Å². The summed E-state index contributed by atoms with van der Waals surface area (Å²) in [5.74, 6) is 0.873. The Morgan fingerprint density at radius 3 is 2.39 bits per heavy atom. The van der Waals surface area contributed by atoms with Crippen LogP contribution in [0.25, 0.3) is 0 Å². The second-order valence-electron chi connectivity index (χ2n) is 4.42. The molecular weight excluding hydrogens is 222 g/mol. The smallest absolute Gasteiger partial charge is 0.141 e. The van der Waals surface area contributed by atoms with Crippen LogP contribution < -0.4 is 10.1 Å². The van der Waals surface area contributed by atoms with Crippen LogP contribution in [0.4, 0.5) is 5.69 Å². The third-order valence-electron chi connectivity index (χ3n) is 3.13. The molecule has 2 aromatic rings. The van der Waals surface area contributed by atoms with Gasteiger partial charge in [-0.3, -0.25) is 0 Å². The zero-order chi connectivity index (χ0) is 13.0. The van der Waals surface area contributed by atoms with E-state index in [1.807, 2.05) is 24.3 Å². The molecule has 0 bridgehead atoms. The molecule has 1 unspecified atom stereocenters. The quantitative estimate of drug-likeness (QED) is 0.867. The van der Waals surface area contributed by atoms with Gasteiger partial charge in [-0.05, 0) is 37.1 Å². The number of benzene rings is 2. The van der Waals surface area contributed by atoms with E-state index in [1.165, 1.54) is 11.1 Å². The fraction of sp³-hybridized carbons (Fsp3) is 0.250. The van der Waals surface area contributed by atoms with Gasteiger partial charge in [-0.25, -0.2) is 0 Å². The van der Waals surface area contributed by atoms with Gasteiger partial charge in [0, 0.05) is 6.04 Å². The molecule has 2 rings (SSSR count). The van der Waals surface area contributed by atoms with Gasteiger partial charge in [-0.15, -0.1) is 0 Å². The molecule has 1 atom stereocenters. The van der Waals surface area contributed by atoms with E-state index in [4.69, 9.17) is 4.74 Å². The van der Waals surface area contributed by atoms with Crippen molar-refractivity contribution in [3.63, 3.8) is 0 Å². The van der Waals surface area contributed by atoms with Crippen LogP contribution in [-0.4, -0.2) is 7.11 Å². The predicted octanol–water partition coefficient (Wildman–Crippen LogP) is 4.18. The van der Waals surface area contributed by atoms with Crippen LogP contribution in [0.3, 0.4) is 0 Å². The first-order valence-electron chi connectivity index (χ1n) is 6.17. The summed E-state index contributed by atoms with van der Waals surface area (Å²) in [7, 11) is 1.69. The first-order valence-corrected chi connectivity index (χ1v) is 6.17. The first kappa shape index (κ1) is 12.5. The van der Waals surface area contributed by atoms with Crippen molar-refractivity contribution in [3.05, 3.63) is 59.7 Å². The molecule has 0 aromatic heterocycles. The van der Waals surface area contributed by atoms with E-state index in [1.54, 1.807) is 7.11 Å². The van der Waals surface area contributed by atoms with Gasteiger partial charge in [0.05, 0.1) is 12.8 Å². The summed E-state index contributed by atoms with van der Waals surface area (Å²) in [5.41, 5.74) is 3.63. The van der Waals surface area contributed by atoms with E-state index >= 15 is 0 Å². The van der Waals surface area contributed by atoms with Crippen LogP contribution in [-0.2, 0) is 0 Å². The van der Waals surface area contributed by atoms with Crippen molar-refractivity contribution in [2.45, 2.75) is 19.9 Å². The summed E-state index contributed by atoms with van der Waals surface area (Å²) in [6, 6.07) is 16.7. The summed E-state index contributed by atoms with van der Waals surface area (Å²) in [6.07, 6.45) is 0. The first-order chi connectivity index (χ1) is 8.72. The molecule has 0 saturated carbocycles. The Kier molecular flexibility index (Phi) is 3.88. The Hall–Kier alpha value is -1.96. The largest absolute Gasteiger partial charge is 0.495 e. The van der Waals surface area contributed by atoms with Gasteiger partial charge in [0.15, 0.2) is 0 Å². The number of hydrogen-bond acceptors (Lipinski definition) is 2. The van der Waals surface area contributed by atoms with E-state index in [0.717, 1.165) is 11.4 Å². The van der Waals surface area contributed by atoms with E-state index in [-0.39, 0.29) is 6.04 Å². The van der Waals surface area contributed by atoms with Gasteiger partial charge in [-0.1, -0.05) is 36.4 Å². The lowest BCUT2D eigenvalue weighted by atomic mass is 10.0. The zero-order valence-electron chi connectivity index (χ0n) is 11.1. The third kappa shape index (κ3) is 2.65. The van der Waals surface area contributed by atoms with Crippen molar-refractivity contribution in [3.8, 4) is 5.75 Å². The maximum atomic E-state index is 5.35. The van der Waals surface area contributed by atoms with Crippen molar-refractivity contribution < 1.29 is 4.74 Å². The summed E-state index contributed by atoms with van der Waals surface area (Å²) in [6.45, 7) is 4.30. The summed E-state index contributed by atoms with van der Waals surface area (Å²) in [4.78, 5) is 0. The molecule has 94 valence electrons. The van der Waals surface area contributed by atoms with E-state index in [0.29, 0.717) is 0 Å². The highest BCUT2D eigenvalue weighted by Gasteiger charge is 2.09. The van der Waals surface area contributed by atoms with Crippen LogP contribution in [0.1, 0.15) is 24.1 Å². The molecule has 2 aromatic carbocycles. The number of nitrogens with one attached hydrogen (secondary N) is 1. The molecule has 2 heteroatoms. The number of rotatable bonds is 4. The number of para-hydroxylation sites is 2. The number of aryl methyl sites for hydroxylation is 1. The highest BCUT2D eigenvalue weighted by Crippen LogP contribution is 2.28. The van der Waals surface area contributed by atoms with E-state index < -0.39 is 0 Å². The van der Waals surface area contributed by atoms with E-state index in [9.17, 15) is 0 Å². The number of anilines is 1. The fourth-order valence-electron chi connectivity index (χ4n) is 2.15. The monoisotopic (exact) mass is 241 g/mol. The highest BCUT2D eigenvalue weighted by molar-refractivity contribution is 5.57. The summed E-state index contributed by atoms with van der Waals surface area (Å²) in [5, 5.41) is 3.49. The molecule has 0 amide bonds. The lowest BCUT2D eigenvalue weighted by Gasteiger charge is -2.19. The maximum absolute atomic E-state index is 5.35. The maximum Gasteiger partial charge on any atom is 0.141 e. The van der Waals surface area contributed by atoms with Crippen LogP contribution in [0.5, 0.6) is 5.75 Å². The summed E-state index contributed by atoms with van der Waals surface area (Å²) < 4.78 is 5.35. The van der Waals surface area contributed by atoms with Gasteiger partial charge in [-0.2, -0.15) is 0 Å². The van der Waals surface area contributed by atoms with Gasteiger partial charge in [0.1, 0.15) is 5.75 Å². The molecule has 0 aliphatic carbocycles. The highest BCUT2D eigenvalue weighted by atomic mass is 16.5. The summed E-state index contributed by atoms with van der Waals surface area (Å²) >= 11 is 0. The molecule has 18 heavy (non-hydrogen) atoms. The van der Waals surface area contributed by atoms with Gasteiger partial charge in [0.25, 0.3) is 0 Å². The normalized spacial score (nSPS) is 11.9. The molecule has 0 heterocycles. The minimum absolute atomic E-state index is 0.252. The van der Waals surface area contributed by atoms with Crippen LogP contribution in [0.2, 0.25) is 0 Å². The second kappa shape index (κ2) is 5.58. The average Bonchev–Trinajstić information content (AvgIpc) is 2.39. The predicted molar refractivity (Wildman–Crippen MR) is 76.2 cm³/mol. The zero-order valence-corrected chi connectivity index (χ0v) is 11.1. The number of hydrogen-bond donors (Lipinski definition) is 1.